The highest BCUT2D eigenvalue weighted by Gasteiger charge is 2.15. The van der Waals surface area contributed by atoms with Gasteiger partial charge in [-0.05, 0) is 49.3 Å². The van der Waals surface area contributed by atoms with Crippen molar-refractivity contribution in [2.24, 2.45) is 5.92 Å². The Morgan fingerprint density at radius 2 is 2.16 bits per heavy atom. The molecule has 2 heterocycles. The topological polar surface area (TPSA) is 66.9 Å². The van der Waals surface area contributed by atoms with Gasteiger partial charge in [-0.3, -0.25) is 4.79 Å². The molecular weight excluding hydrogens is 260 g/mol. The van der Waals surface area contributed by atoms with Crippen molar-refractivity contribution in [3.63, 3.8) is 0 Å². The summed E-state index contributed by atoms with van der Waals surface area (Å²) in [7, 11) is 0. The number of thioether (sulfide) groups is 1. The number of nitrogens with zero attached hydrogens (tertiary/aromatic N) is 2. The number of anilines is 1. The molecular formula is C13H20N4OS. The number of hydrogen-bond donors (Lipinski definition) is 2. The first-order chi connectivity index (χ1) is 9.29. The van der Waals surface area contributed by atoms with Crippen molar-refractivity contribution in [1.29, 1.82) is 0 Å². The van der Waals surface area contributed by atoms with Gasteiger partial charge in [0.05, 0.1) is 0 Å². The Morgan fingerprint density at radius 1 is 1.37 bits per heavy atom. The summed E-state index contributed by atoms with van der Waals surface area (Å²) < 4.78 is 0. The van der Waals surface area contributed by atoms with E-state index in [1.807, 2.05) is 18.7 Å². The van der Waals surface area contributed by atoms with Gasteiger partial charge >= 0.3 is 0 Å². The molecule has 0 atom stereocenters. The summed E-state index contributed by atoms with van der Waals surface area (Å²) in [6.45, 7) is 3.53. The van der Waals surface area contributed by atoms with Gasteiger partial charge < -0.3 is 10.6 Å². The molecule has 1 aromatic rings. The van der Waals surface area contributed by atoms with Crippen LogP contribution in [-0.2, 0) is 0 Å². The molecule has 1 aliphatic heterocycles. The first-order valence-electron chi connectivity index (χ1n) is 6.73. The Kier molecular flexibility index (Phi) is 5.44. The molecule has 0 aliphatic carbocycles. The predicted octanol–water partition coefficient (Wildman–Crippen LogP) is 1.78. The standard InChI is InChI=1S/C13H20N4OS/c1-2-14-12-4-3-11(16-17-12)13(18)15-9-10-5-7-19-8-6-10/h3-4,10H,2,5-9H2,1H3,(H,14,17)(H,15,18). The zero-order valence-corrected chi connectivity index (χ0v) is 12.0. The number of amides is 1. The van der Waals surface area contributed by atoms with E-state index >= 15 is 0 Å². The third-order valence-corrected chi connectivity index (χ3v) is 4.20. The van der Waals surface area contributed by atoms with Gasteiger partial charge in [-0.1, -0.05) is 0 Å². The van der Waals surface area contributed by atoms with Crippen molar-refractivity contribution in [1.82, 2.24) is 15.5 Å². The molecule has 6 heteroatoms. The zero-order valence-electron chi connectivity index (χ0n) is 11.2. The molecule has 2 N–H and O–H groups in total. The van der Waals surface area contributed by atoms with E-state index in [1.54, 1.807) is 12.1 Å². The highest BCUT2D eigenvalue weighted by Crippen LogP contribution is 2.21. The van der Waals surface area contributed by atoms with Crippen LogP contribution in [0.2, 0.25) is 0 Å². The lowest BCUT2D eigenvalue weighted by Crippen LogP contribution is -2.31. The van der Waals surface area contributed by atoms with Crippen molar-refractivity contribution in [2.45, 2.75) is 19.8 Å². The summed E-state index contributed by atoms with van der Waals surface area (Å²) >= 11 is 1.99. The van der Waals surface area contributed by atoms with E-state index in [-0.39, 0.29) is 5.91 Å². The lowest BCUT2D eigenvalue weighted by molar-refractivity contribution is 0.0940. The van der Waals surface area contributed by atoms with Crippen molar-refractivity contribution in [2.75, 3.05) is 29.9 Å². The van der Waals surface area contributed by atoms with Crippen LogP contribution in [0.1, 0.15) is 30.3 Å². The molecule has 2 rings (SSSR count). The van der Waals surface area contributed by atoms with Crippen molar-refractivity contribution >= 4 is 23.5 Å². The van der Waals surface area contributed by atoms with E-state index in [0.717, 1.165) is 13.1 Å². The summed E-state index contributed by atoms with van der Waals surface area (Å²) in [5.74, 6) is 3.59. The first kappa shape index (κ1) is 14.1. The minimum absolute atomic E-state index is 0.131. The Hall–Kier alpha value is -1.30. The Balaban J connectivity index is 1.81. The van der Waals surface area contributed by atoms with Crippen LogP contribution in [0.15, 0.2) is 12.1 Å². The lowest BCUT2D eigenvalue weighted by atomic mass is 10.0. The van der Waals surface area contributed by atoms with Gasteiger partial charge in [0.2, 0.25) is 0 Å². The molecule has 1 saturated heterocycles. The molecule has 0 saturated carbocycles. The summed E-state index contributed by atoms with van der Waals surface area (Å²) in [4.78, 5) is 11.9. The van der Waals surface area contributed by atoms with Crippen LogP contribution in [0.5, 0.6) is 0 Å². The fourth-order valence-electron chi connectivity index (χ4n) is 2.01. The van der Waals surface area contributed by atoms with E-state index in [2.05, 4.69) is 20.8 Å². The van der Waals surface area contributed by atoms with Crippen molar-refractivity contribution < 1.29 is 4.79 Å². The third-order valence-electron chi connectivity index (χ3n) is 3.15. The van der Waals surface area contributed by atoms with Crippen molar-refractivity contribution in [3.8, 4) is 0 Å². The fraction of sp³-hybridized carbons (Fsp3) is 0.615. The highest BCUT2D eigenvalue weighted by atomic mass is 32.2. The number of aromatic nitrogens is 2. The molecule has 1 aliphatic rings. The largest absolute Gasteiger partial charge is 0.369 e. The van der Waals surface area contributed by atoms with Gasteiger partial charge in [0, 0.05) is 13.1 Å². The molecule has 0 aromatic carbocycles. The van der Waals surface area contributed by atoms with Crippen LogP contribution in [0, 0.1) is 5.92 Å². The highest BCUT2D eigenvalue weighted by molar-refractivity contribution is 7.99. The van der Waals surface area contributed by atoms with Gasteiger partial charge in [0.25, 0.3) is 5.91 Å². The number of nitrogens with one attached hydrogen (secondary N) is 2. The molecule has 19 heavy (non-hydrogen) atoms. The van der Waals surface area contributed by atoms with Crippen LogP contribution >= 0.6 is 11.8 Å². The predicted molar refractivity (Wildman–Crippen MR) is 78.6 cm³/mol. The van der Waals surface area contributed by atoms with Crippen LogP contribution in [0.25, 0.3) is 0 Å². The van der Waals surface area contributed by atoms with Crippen LogP contribution < -0.4 is 10.6 Å². The Bertz CT molecular complexity index is 404. The number of carbonyl (C=O) groups is 1. The minimum atomic E-state index is -0.131. The Labute approximate surface area is 118 Å². The maximum atomic E-state index is 11.9. The molecule has 1 fully saturated rings. The van der Waals surface area contributed by atoms with Crippen LogP contribution in [0.3, 0.4) is 0 Å². The molecule has 0 radical (unpaired) electrons. The maximum Gasteiger partial charge on any atom is 0.271 e. The van der Waals surface area contributed by atoms with Crippen LogP contribution in [-0.4, -0.2) is 40.7 Å². The second-order valence-corrected chi connectivity index (χ2v) is 5.82. The monoisotopic (exact) mass is 280 g/mol. The first-order valence-corrected chi connectivity index (χ1v) is 7.88. The molecule has 0 unspecified atom stereocenters. The second kappa shape index (κ2) is 7.33. The summed E-state index contributed by atoms with van der Waals surface area (Å²) in [5, 5.41) is 13.9. The third kappa shape index (κ3) is 4.38. The van der Waals surface area contributed by atoms with E-state index in [4.69, 9.17) is 0 Å². The SMILES string of the molecule is CCNc1ccc(C(=O)NCC2CCSCC2)nn1. The van der Waals surface area contributed by atoms with E-state index in [0.29, 0.717) is 17.4 Å². The summed E-state index contributed by atoms with van der Waals surface area (Å²) in [6.07, 6.45) is 2.38. The van der Waals surface area contributed by atoms with E-state index in [9.17, 15) is 4.79 Å². The Morgan fingerprint density at radius 3 is 2.79 bits per heavy atom. The molecule has 0 spiro atoms. The summed E-state index contributed by atoms with van der Waals surface area (Å²) in [6, 6.07) is 3.49. The number of carbonyl (C=O) groups excluding carboxylic acids is 1. The molecule has 0 bridgehead atoms. The van der Waals surface area contributed by atoms with E-state index < -0.39 is 0 Å². The van der Waals surface area contributed by atoms with Gasteiger partial charge in [-0.2, -0.15) is 11.8 Å². The van der Waals surface area contributed by atoms with E-state index in [1.165, 1.54) is 24.3 Å². The average Bonchev–Trinajstić information content (AvgIpc) is 2.47. The van der Waals surface area contributed by atoms with Gasteiger partial charge in [-0.25, -0.2) is 0 Å². The van der Waals surface area contributed by atoms with Crippen LogP contribution in [0.4, 0.5) is 5.82 Å². The van der Waals surface area contributed by atoms with Gasteiger partial charge in [0.1, 0.15) is 5.82 Å². The maximum absolute atomic E-state index is 11.9. The quantitative estimate of drug-likeness (QED) is 0.860. The van der Waals surface area contributed by atoms with Gasteiger partial charge in [-0.15, -0.1) is 10.2 Å². The molecule has 5 nitrogen and oxygen atoms in total. The number of hydrogen-bond acceptors (Lipinski definition) is 5. The van der Waals surface area contributed by atoms with Gasteiger partial charge in [0.15, 0.2) is 5.69 Å². The van der Waals surface area contributed by atoms with Crippen molar-refractivity contribution in [3.05, 3.63) is 17.8 Å². The minimum Gasteiger partial charge on any atom is -0.369 e. The second-order valence-electron chi connectivity index (χ2n) is 4.60. The zero-order chi connectivity index (χ0) is 13.5. The lowest BCUT2D eigenvalue weighted by Gasteiger charge is -2.21. The number of rotatable bonds is 5. The molecule has 104 valence electrons. The normalized spacial score (nSPS) is 16.1. The summed E-state index contributed by atoms with van der Waals surface area (Å²) in [5.41, 5.74) is 0.381. The fourth-order valence-corrected chi connectivity index (χ4v) is 3.21. The molecule has 1 amide bonds. The molecule has 1 aromatic heterocycles. The smallest absolute Gasteiger partial charge is 0.271 e. The average molecular weight is 280 g/mol.